The van der Waals surface area contributed by atoms with Gasteiger partial charge in [0.1, 0.15) is 12.1 Å². The van der Waals surface area contributed by atoms with E-state index in [9.17, 15) is 0 Å². The SMILES string of the molecule is Cc1nc(CN2CCC[C@H](c3nc4c(C)cccc4[nH]3)C2)co1. The summed E-state index contributed by atoms with van der Waals surface area (Å²) in [7, 11) is 0. The zero-order valence-corrected chi connectivity index (χ0v) is 13.7. The van der Waals surface area contributed by atoms with Crippen molar-refractivity contribution in [3.63, 3.8) is 0 Å². The van der Waals surface area contributed by atoms with Gasteiger partial charge < -0.3 is 9.40 Å². The minimum atomic E-state index is 0.462. The Labute approximate surface area is 135 Å². The summed E-state index contributed by atoms with van der Waals surface area (Å²) in [6.07, 6.45) is 4.15. The number of imidazole rings is 1. The van der Waals surface area contributed by atoms with Crippen LogP contribution >= 0.6 is 0 Å². The molecule has 0 radical (unpaired) electrons. The van der Waals surface area contributed by atoms with Gasteiger partial charge >= 0.3 is 0 Å². The molecule has 1 N–H and O–H groups in total. The Hall–Kier alpha value is -2.14. The number of nitrogens with one attached hydrogen (secondary N) is 1. The summed E-state index contributed by atoms with van der Waals surface area (Å²) >= 11 is 0. The Kier molecular flexibility index (Phi) is 3.65. The Balaban J connectivity index is 1.52. The van der Waals surface area contributed by atoms with E-state index in [0.717, 1.165) is 48.1 Å². The molecule has 3 heterocycles. The van der Waals surface area contributed by atoms with Crippen molar-refractivity contribution in [1.82, 2.24) is 19.9 Å². The highest BCUT2D eigenvalue weighted by Crippen LogP contribution is 2.28. The monoisotopic (exact) mass is 310 g/mol. The molecule has 5 heteroatoms. The number of nitrogens with zero attached hydrogens (tertiary/aromatic N) is 3. The van der Waals surface area contributed by atoms with E-state index in [-0.39, 0.29) is 0 Å². The highest BCUT2D eigenvalue weighted by molar-refractivity contribution is 5.78. The first-order valence-corrected chi connectivity index (χ1v) is 8.27. The summed E-state index contributed by atoms with van der Waals surface area (Å²) in [4.78, 5) is 15.3. The number of H-pyrrole nitrogens is 1. The molecule has 3 aromatic rings. The lowest BCUT2D eigenvalue weighted by Gasteiger charge is -2.31. The standard InChI is InChI=1S/C18H22N4O/c1-12-5-3-7-16-17(12)21-18(20-16)14-6-4-8-22(9-14)10-15-11-23-13(2)19-15/h3,5,7,11,14H,4,6,8-10H2,1-2H3,(H,20,21)/t14-/m0/s1. The Bertz CT molecular complexity index is 819. The average Bonchev–Trinajstić information content (AvgIpc) is 3.15. The molecular formula is C18H22N4O. The highest BCUT2D eigenvalue weighted by atomic mass is 16.3. The van der Waals surface area contributed by atoms with Gasteiger partial charge in [0, 0.05) is 25.9 Å². The first kappa shape index (κ1) is 14.5. The third-order valence-electron chi connectivity index (χ3n) is 4.68. The molecule has 0 unspecified atom stereocenters. The fourth-order valence-electron chi connectivity index (χ4n) is 3.52. The number of likely N-dealkylation sites (tertiary alicyclic amines) is 1. The minimum absolute atomic E-state index is 0.462. The zero-order valence-electron chi connectivity index (χ0n) is 13.7. The quantitative estimate of drug-likeness (QED) is 0.804. The molecule has 0 bridgehead atoms. The summed E-state index contributed by atoms with van der Waals surface area (Å²) in [5.74, 6) is 2.32. The molecule has 5 nitrogen and oxygen atoms in total. The minimum Gasteiger partial charge on any atom is -0.449 e. The van der Waals surface area contributed by atoms with Gasteiger partial charge in [0.2, 0.25) is 0 Å². The molecule has 1 aliphatic rings. The van der Waals surface area contributed by atoms with E-state index in [2.05, 4.69) is 40.0 Å². The molecule has 1 saturated heterocycles. The maximum Gasteiger partial charge on any atom is 0.191 e. The maximum atomic E-state index is 5.31. The summed E-state index contributed by atoms with van der Waals surface area (Å²) in [5, 5.41) is 0. The van der Waals surface area contributed by atoms with Gasteiger partial charge in [-0.3, -0.25) is 4.90 Å². The van der Waals surface area contributed by atoms with E-state index in [1.165, 1.54) is 18.4 Å². The van der Waals surface area contributed by atoms with Crippen molar-refractivity contribution in [3.05, 3.63) is 47.4 Å². The molecule has 0 saturated carbocycles. The fraction of sp³-hybridized carbons (Fsp3) is 0.444. The number of rotatable bonds is 3. The number of fused-ring (bicyclic) bond motifs is 1. The van der Waals surface area contributed by atoms with Crippen molar-refractivity contribution < 1.29 is 4.42 Å². The Morgan fingerprint density at radius 3 is 3.00 bits per heavy atom. The normalized spacial score (nSPS) is 19.5. The average molecular weight is 310 g/mol. The Morgan fingerprint density at radius 2 is 2.22 bits per heavy atom. The third-order valence-corrected chi connectivity index (χ3v) is 4.68. The number of hydrogen-bond acceptors (Lipinski definition) is 4. The van der Waals surface area contributed by atoms with Gasteiger partial charge in [-0.25, -0.2) is 9.97 Å². The van der Waals surface area contributed by atoms with E-state index in [0.29, 0.717) is 5.92 Å². The van der Waals surface area contributed by atoms with E-state index >= 15 is 0 Å². The van der Waals surface area contributed by atoms with E-state index in [1.54, 1.807) is 6.26 Å². The number of para-hydroxylation sites is 1. The maximum absolute atomic E-state index is 5.31. The van der Waals surface area contributed by atoms with Crippen LogP contribution in [0.5, 0.6) is 0 Å². The molecule has 1 fully saturated rings. The third kappa shape index (κ3) is 2.88. The van der Waals surface area contributed by atoms with Crippen LogP contribution in [0.1, 0.15) is 41.7 Å². The van der Waals surface area contributed by atoms with Crippen LogP contribution in [0.15, 0.2) is 28.9 Å². The molecule has 0 aliphatic carbocycles. The zero-order chi connectivity index (χ0) is 15.8. The van der Waals surface area contributed by atoms with Gasteiger partial charge in [-0.1, -0.05) is 12.1 Å². The van der Waals surface area contributed by atoms with Crippen LogP contribution < -0.4 is 0 Å². The van der Waals surface area contributed by atoms with Gasteiger partial charge in [-0.05, 0) is 37.9 Å². The number of aryl methyl sites for hydroxylation is 2. The summed E-state index contributed by atoms with van der Waals surface area (Å²) < 4.78 is 5.31. The van der Waals surface area contributed by atoms with Crippen molar-refractivity contribution in [1.29, 1.82) is 0 Å². The molecule has 0 amide bonds. The number of piperidine rings is 1. The lowest BCUT2D eigenvalue weighted by Crippen LogP contribution is -2.34. The Morgan fingerprint density at radius 1 is 1.30 bits per heavy atom. The van der Waals surface area contributed by atoms with Crippen LogP contribution in [-0.4, -0.2) is 32.9 Å². The van der Waals surface area contributed by atoms with Gasteiger partial charge in [-0.15, -0.1) is 0 Å². The van der Waals surface area contributed by atoms with Crippen LogP contribution in [0.4, 0.5) is 0 Å². The topological polar surface area (TPSA) is 58.0 Å². The molecule has 1 atom stereocenters. The van der Waals surface area contributed by atoms with Crippen LogP contribution in [-0.2, 0) is 6.54 Å². The molecule has 2 aromatic heterocycles. The highest BCUT2D eigenvalue weighted by Gasteiger charge is 2.24. The number of hydrogen-bond donors (Lipinski definition) is 1. The molecule has 4 rings (SSSR count). The van der Waals surface area contributed by atoms with Crippen molar-refractivity contribution in [2.75, 3.05) is 13.1 Å². The second kappa shape index (κ2) is 5.81. The van der Waals surface area contributed by atoms with Crippen molar-refractivity contribution in [2.24, 2.45) is 0 Å². The van der Waals surface area contributed by atoms with Gasteiger partial charge in [0.25, 0.3) is 0 Å². The molecule has 1 aromatic carbocycles. The van der Waals surface area contributed by atoms with Gasteiger partial charge in [0.15, 0.2) is 5.89 Å². The first-order chi connectivity index (χ1) is 11.2. The lowest BCUT2D eigenvalue weighted by atomic mass is 9.97. The second-order valence-corrected chi connectivity index (χ2v) is 6.53. The number of aromatic nitrogens is 3. The van der Waals surface area contributed by atoms with Crippen molar-refractivity contribution in [2.45, 2.75) is 39.2 Å². The van der Waals surface area contributed by atoms with Gasteiger partial charge in [-0.2, -0.15) is 0 Å². The van der Waals surface area contributed by atoms with Crippen LogP contribution in [0.25, 0.3) is 11.0 Å². The molecular weight excluding hydrogens is 288 g/mol. The molecule has 120 valence electrons. The second-order valence-electron chi connectivity index (χ2n) is 6.53. The van der Waals surface area contributed by atoms with E-state index in [1.807, 2.05) is 6.92 Å². The summed E-state index contributed by atoms with van der Waals surface area (Å²) in [6.45, 7) is 6.99. The number of aromatic amines is 1. The summed E-state index contributed by atoms with van der Waals surface area (Å²) in [6, 6.07) is 6.31. The predicted molar refractivity (Wildman–Crippen MR) is 89.3 cm³/mol. The molecule has 23 heavy (non-hydrogen) atoms. The van der Waals surface area contributed by atoms with Crippen molar-refractivity contribution >= 4 is 11.0 Å². The van der Waals surface area contributed by atoms with Crippen LogP contribution in [0.2, 0.25) is 0 Å². The van der Waals surface area contributed by atoms with E-state index in [4.69, 9.17) is 9.40 Å². The van der Waals surface area contributed by atoms with Crippen molar-refractivity contribution in [3.8, 4) is 0 Å². The summed E-state index contributed by atoms with van der Waals surface area (Å²) in [5.41, 5.74) is 4.50. The number of benzene rings is 1. The first-order valence-electron chi connectivity index (χ1n) is 8.27. The van der Waals surface area contributed by atoms with E-state index < -0.39 is 0 Å². The van der Waals surface area contributed by atoms with Gasteiger partial charge in [0.05, 0.1) is 16.7 Å². The largest absolute Gasteiger partial charge is 0.449 e. The van der Waals surface area contributed by atoms with Crippen LogP contribution in [0, 0.1) is 13.8 Å². The van der Waals surface area contributed by atoms with Crippen LogP contribution in [0.3, 0.4) is 0 Å². The lowest BCUT2D eigenvalue weighted by molar-refractivity contribution is 0.195. The smallest absolute Gasteiger partial charge is 0.191 e. The molecule has 1 aliphatic heterocycles. The fourth-order valence-corrected chi connectivity index (χ4v) is 3.52. The molecule has 0 spiro atoms. The predicted octanol–water partition coefficient (Wildman–Crippen LogP) is 3.55. The number of oxazole rings is 1.